The minimum Gasteiger partial charge on any atom is -0.352 e. The van der Waals surface area contributed by atoms with E-state index in [0.717, 1.165) is 29.1 Å². The van der Waals surface area contributed by atoms with Crippen molar-refractivity contribution in [3.8, 4) is 10.7 Å². The van der Waals surface area contributed by atoms with Crippen LogP contribution in [0.15, 0.2) is 53.0 Å². The van der Waals surface area contributed by atoms with Crippen molar-refractivity contribution in [3.05, 3.63) is 53.4 Å². The third-order valence-electron chi connectivity index (χ3n) is 3.71. The van der Waals surface area contributed by atoms with Crippen molar-refractivity contribution in [2.45, 2.75) is 29.3 Å². The summed E-state index contributed by atoms with van der Waals surface area (Å²) < 4.78 is 0. The van der Waals surface area contributed by atoms with Gasteiger partial charge in [-0.25, -0.2) is 4.98 Å². The van der Waals surface area contributed by atoms with Gasteiger partial charge in [0.25, 0.3) is 0 Å². The average molecular weight is 356 g/mol. The first-order valence-electron chi connectivity index (χ1n) is 7.78. The molecule has 1 atom stereocenters. The van der Waals surface area contributed by atoms with Gasteiger partial charge in [-0.15, -0.1) is 16.4 Å². The molecule has 0 saturated heterocycles. The fourth-order valence-electron chi connectivity index (χ4n) is 2.33. The van der Waals surface area contributed by atoms with Gasteiger partial charge in [0.05, 0.1) is 4.88 Å². The van der Waals surface area contributed by atoms with E-state index < -0.39 is 0 Å². The second kappa shape index (κ2) is 6.78. The predicted molar refractivity (Wildman–Crippen MR) is 95.9 cm³/mol. The molecule has 24 heavy (non-hydrogen) atoms. The lowest BCUT2D eigenvalue weighted by Gasteiger charge is -2.15. The molecule has 2 heterocycles. The van der Waals surface area contributed by atoms with Gasteiger partial charge in [-0.1, -0.05) is 48.2 Å². The van der Waals surface area contributed by atoms with E-state index in [4.69, 9.17) is 0 Å². The van der Waals surface area contributed by atoms with Crippen LogP contribution in [0.25, 0.3) is 10.7 Å². The topological polar surface area (TPSA) is 70.7 Å². The van der Waals surface area contributed by atoms with Gasteiger partial charge in [0.2, 0.25) is 11.1 Å². The van der Waals surface area contributed by atoms with E-state index in [-0.39, 0.29) is 11.2 Å². The van der Waals surface area contributed by atoms with Gasteiger partial charge in [-0.2, -0.15) is 0 Å². The number of aromatic nitrogens is 3. The molecule has 0 bridgehead atoms. The third kappa shape index (κ3) is 3.52. The first kappa shape index (κ1) is 15.4. The maximum atomic E-state index is 12.6. The summed E-state index contributed by atoms with van der Waals surface area (Å²) in [4.78, 5) is 18.2. The second-order valence-corrected chi connectivity index (χ2v) is 7.66. The SMILES string of the molecule is O=C(NC1CC1)C(Sc1n[nH]c(-c2cccs2)n1)c1ccccc1. The minimum atomic E-state index is -0.348. The highest BCUT2D eigenvalue weighted by Crippen LogP contribution is 2.35. The molecule has 1 amide bonds. The Labute approximate surface area is 147 Å². The average Bonchev–Trinajstić information content (AvgIpc) is 3.08. The van der Waals surface area contributed by atoms with Gasteiger partial charge >= 0.3 is 0 Å². The Morgan fingerprint density at radius 3 is 2.79 bits per heavy atom. The van der Waals surface area contributed by atoms with E-state index in [1.54, 1.807) is 11.3 Å². The molecule has 0 spiro atoms. The molecule has 122 valence electrons. The molecular formula is C17H16N4OS2. The highest BCUT2D eigenvalue weighted by molar-refractivity contribution is 8.00. The Hall–Kier alpha value is -2.12. The number of nitrogens with zero attached hydrogens (tertiary/aromatic N) is 2. The predicted octanol–water partition coefficient (Wildman–Crippen LogP) is 3.65. The molecule has 1 aromatic carbocycles. The van der Waals surface area contributed by atoms with Crippen molar-refractivity contribution < 1.29 is 4.79 Å². The fourth-order valence-corrected chi connectivity index (χ4v) is 3.92. The summed E-state index contributed by atoms with van der Waals surface area (Å²) in [7, 11) is 0. The van der Waals surface area contributed by atoms with E-state index in [0.29, 0.717) is 11.2 Å². The summed E-state index contributed by atoms with van der Waals surface area (Å²) in [6.07, 6.45) is 2.14. The van der Waals surface area contributed by atoms with Crippen LogP contribution in [0.2, 0.25) is 0 Å². The lowest BCUT2D eigenvalue weighted by molar-refractivity contribution is -0.120. The Morgan fingerprint density at radius 1 is 1.25 bits per heavy atom. The third-order valence-corrected chi connectivity index (χ3v) is 5.70. The number of carbonyl (C=O) groups excluding carboxylic acids is 1. The molecule has 1 aliphatic rings. The number of benzene rings is 1. The number of carbonyl (C=O) groups is 1. The summed E-state index contributed by atoms with van der Waals surface area (Å²) in [5.41, 5.74) is 0.961. The summed E-state index contributed by atoms with van der Waals surface area (Å²) in [6, 6.07) is 14.1. The van der Waals surface area contributed by atoms with Crippen molar-refractivity contribution in [3.63, 3.8) is 0 Å². The van der Waals surface area contributed by atoms with Crippen LogP contribution < -0.4 is 5.32 Å². The molecule has 1 aliphatic carbocycles. The van der Waals surface area contributed by atoms with Gasteiger partial charge in [0, 0.05) is 6.04 Å². The van der Waals surface area contributed by atoms with Crippen LogP contribution >= 0.6 is 23.1 Å². The molecule has 1 fully saturated rings. The maximum Gasteiger partial charge on any atom is 0.238 e. The molecule has 2 N–H and O–H groups in total. The molecule has 7 heteroatoms. The number of aromatic amines is 1. The molecule has 0 radical (unpaired) electrons. The second-order valence-electron chi connectivity index (χ2n) is 5.64. The number of H-pyrrole nitrogens is 1. The van der Waals surface area contributed by atoms with Gasteiger partial charge in [0.15, 0.2) is 5.82 Å². The van der Waals surface area contributed by atoms with Crippen molar-refractivity contribution in [2.24, 2.45) is 0 Å². The summed E-state index contributed by atoms with van der Waals surface area (Å²) in [5, 5.41) is 12.5. The molecular weight excluding hydrogens is 340 g/mol. The summed E-state index contributed by atoms with van der Waals surface area (Å²) in [6.45, 7) is 0. The van der Waals surface area contributed by atoms with Crippen molar-refractivity contribution in [1.29, 1.82) is 0 Å². The molecule has 4 rings (SSSR count). The summed E-state index contributed by atoms with van der Waals surface area (Å²) >= 11 is 2.98. The number of rotatable bonds is 6. The number of amides is 1. The van der Waals surface area contributed by atoms with E-state index in [2.05, 4.69) is 20.5 Å². The number of nitrogens with one attached hydrogen (secondary N) is 2. The van der Waals surface area contributed by atoms with Crippen molar-refractivity contribution in [2.75, 3.05) is 0 Å². The van der Waals surface area contributed by atoms with Crippen molar-refractivity contribution >= 4 is 29.0 Å². The Balaban J connectivity index is 1.56. The Bertz CT molecular complexity index is 812. The summed E-state index contributed by atoms with van der Waals surface area (Å²) in [5.74, 6) is 0.762. The van der Waals surface area contributed by atoms with Crippen molar-refractivity contribution in [1.82, 2.24) is 20.5 Å². The zero-order valence-electron chi connectivity index (χ0n) is 12.8. The number of hydrogen-bond acceptors (Lipinski definition) is 5. The molecule has 0 aliphatic heterocycles. The lowest BCUT2D eigenvalue weighted by Crippen LogP contribution is -2.29. The largest absolute Gasteiger partial charge is 0.352 e. The standard InChI is InChI=1S/C17H16N4OS2/c22-16(18-12-8-9-12)14(11-5-2-1-3-6-11)24-17-19-15(20-21-17)13-7-4-10-23-13/h1-7,10,12,14H,8-9H2,(H,18,22)(H,19,20,21). The highest BCUT2D eigenvalue weighted by Gasteiger charge is 2.30. The molecule has 1 saturated carbocycles. The van der Waals surface area contributed by atoms with Gasteiger partial charge in [-0.3, -0.25) is 9.89 Å². The lowest BCUT2D eigenvalue weighted by atomic mass is 10.1. The van der Waals surface area contributed by atoms with Gasteiger partial charge < -0.3 is 5.32 Å². The van der Waals surface area contributed by atoms with E-state index in [9.17, 15) is 4.79 Å². The Morgan fingerprint density at radius 2 is 2.08 bits per heavy atom. The van der Waals surface area contributed by atoms with Crippen LogP contribution in [-0.2, 0) is 4.79 Å². The van der Waals surface area contributed by atoms with Crippen LogP contribution in [-0.4, -0.2) is 27.1 Å². The number of thiophene rings is 1. The molecule has 2 aromatic heterocycles. The monoisotopic (exact) mass is 356 g/mol. The van der Waals surface area contributed by atoms with Crippen LogP contribution in [0, 0.1) is 0 Å². The molecule has 5 nitrogen and oxygen atoms in total. The first-order chi connectivity index (χ1) is 11.8. The van der Waals surface area contributed by atoms with E-state index >= 15 is 0 Å². The quantitative estimate of drug-likeness (QED) is 0.662. The van der Waals surface area contributed by atoms with Crippen LogP contribution in [0.5, 0.6) is 0 Å². The first-order valence-corrected chi connectivity index (χ1v) is 9.54. The number of thioether (sulfide) groups is 1. The van der Waals surface area contributed by atoms with Gasteiger partial charge in [-0.05, 0) is 29.9 Å². The normalized spacial score (nSPS) is 15.2. The van der Waals surface area contributed by atoms with E-state index in [1.165, 1.54) is 11.8 Å². The fraction of sp³-hybridized carbons (Fsp3) is 0.235. The van der Waals surface area contributed by atoms with Crippen LogP contribution in [0.1, 0.15) is 23.7 Å². The minimum absolute atomic E-state index is 0.0242. The van der Waals surface area contributed by atoms with Crippen LogP contribution in [0.3, 0.4) is 0 Å². The van der Waals surface area contributed by atoms with Gasteiger partial charge in [0.1, 0.15) is 5.25 Å². The Kier molecular flexibility index (Phi) is 4.36. The zero-order valence-corrected chi connectivity index (χ0v) is 14.4. The number of hydrogen-bond donors (Lipinski definition) is 2. The molecule has 3 aromatic rings. The van der Waals surface area contributed by atoms with E-state index in [1.807, 2.05) is 47.8 Å². The van der Waals surface area contributed by atoms with Crippen LogP contribution in [0.4, 0.5) is 0 Å². The smallest absolute Gasteiger partial charge is 0.238 e. The maximum absolute atomic E-state index is 12.6. The zero-order chi connectivity index (χ0) is 16.4. The molecule has 1 unspecified atom stereocenters. The highest BCUT2D eigenvalue weighted by atomic mass is 32.2.